The highest BCUT2D eigenvalue weighted by Crippen LogP contribution is 2.08. The Morgan fingerprint density at radius 3 is 2.55 bits per heavy atom. The third-order valence-electron chi connectivity index (χ3n) is 1.88. The smallest absolute Gasteiger partial charge is 0.0572 e. The maximum absolute atomic E-state index is 5.52. The van der Waals surface area contributed by atoms with Crippen LogP contribution in [-0.4, -0.2) is 12.7 Å². The minimum absolute atomic E-state index is 0.500. The fraction of sp³-hybridized carbons (Fsp3) is 0.900. The maximum atomic E-state index is 5.52. The summed E-state index contributed by atoms with van der Waals surface area (Å²) in [6.07, 6.45) is 7.59. The highest BCUT2D eigenvalue weighted by Gasteiger charge is 2.03. The third kappa shape index (κ3) is 6.36. The lowest BCUT2D eigenvalue weighted by Crippen LogP contribution is -2.11. The molecule has 0 saturated carbocycles. The molecule has 0 heterocycles. The predicted octanol–water partition coefficient (Wildman–Crippen LogP) is 3.20. The van der Waals surface area contributed by atoms with Crippen LogP contribution in [0, 0.1) is 6.42 Å². The number of ether oxygens (including phenoxy) is 1. The molecule has 67 valence electrons. The molecule has 0 fully saturated rings. The summed E-state index contributed by atoms with van der Waals surface area (Å²) in [6.45, 7) is 7.22. The number of hydrogen-bond donors (Lipinski definition) is 0. The van der Waals surface area contributed by atoms with E-state index in [-0.39, 0.29) is 0 Å². The van der Waals surface area contributed by atoms with Gasteiger partial charge in [0.1, 0.15) is 0 Å². The summed E-state index contributed by atoms with van der Waals surface area (Å²) in [5.74, 6) is 0. The van der Waals surface area contributed by atoms with Crippen LogP contribution in [0.15, 0.2) is 0 Å². The molecule has 1 nitrogen and oxygen atoms in total. The van der Waals surface area contributed by atoms with Crippen LogP contribution in [0.3, 0.4) is 0 Å². The van der Waals surface area contributed by atoms with Gasteiger partial charge < -0.3 is 4.74 Å². The average molecular weight is 157 g/mol. The zero-order chi connectivity index (χ0) is 8.53. The van der Waals surface area contributed by atoms with Gasteiger partial charge in [0.2, 0.25) is 0 Å². The Balaban J connectivity index is 3.20. The van der Waals surface area contributed by atoms with E-state index in [4.69, 9.17) is 4.74 Å². The molecule has 0 rings (SSSR count). The Morgan fingerprint density at radius 2 is 2.09 bits per heavy atom. The molecule has 0 amide bonds. The van der Waals surface area contributed by atoms with E-state index < -0.39 is 0 Å². The maximum Gasteiger partial charge on any atom is 0.0572 e. The lowest BCUT2D eigenvalue weighted by atomic mass is 10.1. The Hall–Kier alpha value is -0.0400. The first-order chi connectivity index (χ1) is 5.35. The standard InChI is InChI=1S/C10H21O/c1-4-7-8-9-10(5-2)11-6-3/h4,10H,5-9H2,1-3H3. The quantitative estimate of drug-likeness (QED) is 0.516. The second kappa shape index (κ2) is 8.06. The van der Waals surface area contributed by atoms with Gasteiger partial charge in [0.05, 0.1) is 6.10 Å². The minimum Gasteiger partial charge on any atom is -0.379 e. The number of unbranched alkanes of at least 4 members (excludes halogenated alkanes) is 2. The normalized spacial score (nSPS) is 13.4. The van der Waals surface area contributed by atoms with Gasteiger partial charge in [-0.25, -0.2) is 0 Å². The minimum atomic E-state index is 0.500. The summed E-state index contributed by atoms with van der Waals surface area (Å²) < 4.78 is 5.52. The van der Waals surface area contributed by atoms with Crippen molar-refractivity contribution in [3.8, 4) is 0 Å². The molecule has 1 atom stereocenters. The van der Waals surface area contributed by atoms with Crippen molar-refractivity contribution < 1.29 is 4.74 Å². The van der Waals surface area contributed by atoms with Crippen molar-refractivity contribution in [2.45, 2.75) is 52.6 Å². The van der Waals surface area contributed by atoms with Crippen LogP contribution in [0.2, 0.25) is 0 Å². The third-order valence-corrected chi connectivity index (χ3v) is 1.88. The average Bonchev–Trinajstić information content (AvgIpc) is 2.03. The molecule has 11 heavy (non-hydrogen) atoms. The van der Waals surface area contributed by atoms with E-state index >= 15 is 0 Å². The van der Waals surface area contributed by atoms with Crippen LogP contribution in [-0.2, 0) is 4.74 Å². The van der Waals surface area contributed by atoms with Crippen LogP contribution in [0.5, 0.6) is 0 Å². The van der Waals surface area contributed by atoms with Gasteiger partial charge in [0.15, 0.2) is 0 Å². The number of hydrogen-bond acceptors (Lipinski definition) is 1. The highest BCUT2D eigenvalue weighted by molar-refractivity contribution is 4.60. The van der Waals surface area contributed by atoms with Crippen molar-refractivity contribution in [1.29, 1.82) is 0 Å². The molecular formula is C10H21O. The molecule has 0 saturated heterocycles. The van der Waals surface area contributed by atoms with Crippen molar-refractivity contribution in [3.05, 3.63) is 6.42 Å². The Labute approximate surface area is 71.1 Å². The highest BCUT2D eigenvalue weighted by atomic mass is 16.5. The van der Waals surface area contributed by atoms with Crippen molar-refractivity contribution in [3.63, 3.8) is 0 Å². The second-order valence-corrected chi connectivity index (χ2v) is 2.82. The molecule has 1 unspecified atom stereocenters. The Morgan fingerprint density at radius 1 is 1.36 bits per heavy atom. The van der Waals surface area contributed by atoms with Gasteiger partial charge >= 0.3 is 0 Å². The summed E-state index contributed by atoms with van der Waals surface area (Å²) in [4.78, 5) is 0. The molecule has 0 aliphatic heterocycles. The molecule has 0 spiro atoms. The van der Waals surface area contributed by atoms with E-state index in [9.17, 15) is 0 Å². The molecule has 0 aliphatic rings. The second-order valence-electron chi connectivity index (χ2n) is 2.82. The molecule has 0 aromatic carbocycles. The SMILES string of the molecule is C[CH]CCCC(CC)OCC. The van der Waals surface area contributed by atoms with Crippen molar-refractivity contribution >= 4 is 0 Å². The zero-order valence-corrected chi connectivity index (χ0v) is 8.10. The molecule has 0 aromatic heterocycles. The van der Waals surface area contributed by atoms with Crippen molar-refractivity contribution in [2.24, 2.45) is 0 Å². The summed E-state index contributed by atoms with van der Waals surface area (Å²) in [5.41, 5.74) is 0. The van der Waals surface area contributed by atoms with Crippen molar-refractivity contribution in [1.82, 2.24) is 0 Å². The Bertz CT molecular complexity index is 71.3. The zero-order valence-electron chi connectivity index (χ0n) is 8.10. The fourth-order valence-electron chi connectivity index (χ4n) is 1.19. The van der Waals surface area contributed by atoms with Gasteiger partial charge in [-0.15, -0.1) is 0 Å². The van der Waals surface area contributed by atoms with Crippen LogP contribution < -0.4 is 0 Å². The van der Waals surface area contributed by atoms with Crippen molar-refractivity contribution in [2.75, 3.05) is 6.61 Å². The summed E-state index contributed by atoms with van der Waals surface area (Å²) in [5, 5.41) is 0. The van der Waals surface area contributed by atoms with Crippen LogP contribution in [0.4, 0.5) is 0 Å². The van der Waals surface area contributed by atoms with E-state index in [1.54, 1.807) is 0 Å². The number of rotatable bonds is 7. The lowest BCUT2D eigenvalue weighted by Gasteiger charge is -2.13. The molecule has 0 bridgehead atoms. The first kappa shape index (κ1) is 11.0. The summed E-state index contributed by atoms with van der Waals surface area (Å²) in [6, 6.07) is 0. The molecule has 0 aliphatic carbocycles. The van der Waals surface area contributed by atoms with Gasteiger partial charge in [0.25, 0.3) is 0 Å². The van der Waals surface area contributed by atoms with Crippen LogP contribution in [0.1, 0.15) is 46.5 Å². The summed E-state index contributed by atoms with van der Waals surface area (Å²) in [7, 11) is 0. The monoisotopic (exact) mass is 157 g/mol. The topological polar surface area (TPSA) is 9.23 Å². The molecule has 1 heteroatoms. The first-order valence-corrected chi connectivity index (χ1v) is 4.74. The van der Waals surface area contributed by atoms with E-state index in [0.29, 0.717) is 6.10 Å². The van der Waals surface area contributed by atoms with E-state index in [1.165, 1.54) is 19.3 Å². The molecule has 1 radical (unpaired) electrons. The fourth-order valence-corrected chi connectivity index (χ4v) is 1.19. The molecule has 0 aromatic rings. The van der Waals surface area contributed by atoms with E-state index in [0.717, 1.165) is 13.0 Å². The molecular weight excluding hydrogens is 136 g/mol. The van der Waals surface area contributed by atoms with Crippen LogP contribution >= 0.6 is 0 Å². The van der Waals surface area contributed by atoms with E-state index in [1.807, 2.05) is 0 Å². The summed E-state index contributed by atoms with van der Waals surface area (Å²) >= 11 is 0. The predicted molar refractivity (Wildman–Crippen MR) is 49.5 cm³/mol. The lowest BCUT2D eigenvalue weighted by molar-refractivity contribution is 0.0529. The molecule has 0 N–H and O–H groups in total. The van der Waals surface area contributed by atoms with Gasteiger partial charge in [-0.3, -0.25) is 0 Å². The largest absolute Gasteiger partial charge is 0.379 e. The van der Waals surface area contributed by atoms with Gasteiger partial charge in [0, 0.05) is 6.61 Å². The van der Waals surface area contributed by atoms with Gasteiger partial charge in [-0.2, -0.15) is 0 Å². The van der Waals surface area contributed by atoms with Crippen LogP contribution in [0.25, 0.3) is 0 Å². The van der Waals surface area contributed by atoms with Gasteiger partial charge in [-0.1, -0.05) is 26.7 Å². The van der Waals surface area contributed by atoms with E-state index in [2.05, 4.69) is 27.2 Å². The first-order valence-electron chi connectivity index (χ1n) is 4.74. The van der Waals surface area contributed by atoms with Gasteiger partial charge in [-0.05, 0) is 26.2 Å². The Kier molecular flexibility index (Phi) is 8.03.